The number of halogens is 1. The third-order valence-electron chi connectivity index (χ3n) is 3.87. The van der Waals surface area contributed by atoms with Gasteiger partial charge in [0.1, 0.15) is 12.4 Å². The van der Waals surface area contributed by atoms with Crippen molar-refractivity contribution < 1.29 is 14.3 Å². The highest BCUT2D eigenvalue weighted by Gasteiger charge is 2.20. The van der Waals surface area contributed by atoms with Crippen LogP contribution in [0.2, 0.25) is 0 Å². The molecule has 0 spiro atoms. The van der Waals surface area contributed by atoms with Crippen molar-refractivity contribution in [1.82, 2.24) is 10.6 Å². The molecule has 1 aliphatic carbocycles. The third kappa shape index (κ3) is 6.16. The second kappa shape index (κ2) is 9.22. The Morgan fingerprint density at radius 3 is 2.75 bits per heavy atom. The van der Waals surface area contributed by atoms with E-state index in [1.165, 1.54) is 18.2 Å². The van der Waals surface area contributed by atoms with Crippen LogP contribution < -0.4 is 16.0 Å². The van der Waals surface area contributed by atoms with Crippen LogP contribution in [0.25, 0.3) is 0 Å². The predicted molar refractivity (Wildman–Crippen MR) is 92.4 cm³/mol. The second-order valence-corrected chi connectivity index (χ2v) is 5.90. The number of anilines is 1. The molecule has 0 radical (unpaired) electrons. The highest BCUT2D eigenvalue weighted by molar-refractivity contribution is 5.94. The third-order valence-corrected chi connectivity index (χ3v) is 3.87. The highest BCUT2D eigenvalue weighted by Crippen LogP contribution is 2.18. The van der Waals surface area contributed by atoms with E-state index in [2.05, 4.69) is 20.9 Å². The monoisotopic (exact) mass is 336 g/mol. The van der Waals surface area contributed by atoms with E-state index in [4.69, 9.17) is 0 Å². The lowest BCUT2D eigenvalue weighted by Gasteiger charge is -2.27. The summed E-state index contributed by atoms with van der Waals surface area (Å²) in [6, 6.07) is 6.00. The first-order valence-corrected chi connectivity index (χ1v) is 8.35. The van der Waals surface area contributed by atoms with Gasteiger partial charge in [-0.05, 0) is 50.8 Å². The lowest BCUT2D eigenvalue weighted by Crippen LogP contribution is -2.45. The maximum Gasteiger partial charge on any atom is 0.246 e. The molecule has 0 bridgehead atoms. The molecule has 1 fully saturated rings. The van der Waals surface area contributed by atoms with Crippen molar-refractivity contribution in [3.63, 3.8) is 0 Å². The van der Waals surface area contributed by atoms with Gasteiger partial charge in [-0.2, -0.15) is 0 Å². The summed E-state index contributed by atoms with van der Waals surface area (Å²) >= 11 is 0. The van der Waals surface area contributed by atoms with Crippen molar-refractivity contribution in [3.8, 4) is 0 Å². The van der Waals surface area contributed by atoms with Crippen LogP contribution in [-0.4, -0.2) is 42.2 Å². The highest BCUT2D eigenvalue weighted by atomic mass is 19.1. The van der Waals surface area contributed by atoms with Crippen molar-refractivity contribution in [2.45, 2.75) is 44.8 Å². The zero-order valence-corrected chi connectivity index (χ0v) is 13.9. The average Bonchev–Trinajstić information content (AvgIpc) is 2.55. The largest absolute Gasteiger partial charge is 0.393 e. The number of guanidine groups is 1. The van der Waals surface area contributed by atoms with Gasteiger partial charge in [-0.15, -0.1) is 0 Å². The standard InChI is InChI=1S/C17H25FN4O2/c1-2-19-17(22-13-6-8-15(23)9-7-13)20-11-16(24)21-14-5-3-4-12(18)10-14/h3-5,10,13,15,23H,2,6-9,11H2,1H3,(H,21,24)(H2,19,20,22). The lowest BCUT2D eigenvalue weighted by molar-refractivity contribution is -0.114. The van der Waals surface area contributed by atoms with Gasteiger partial charge in [0.15, 0.2) is 5.96 Å². The molecule has 24 heavy (non-hydrogen) atoms. The molecule has 1 aromatic carbocycles. The number of nitrogens with one attached hydrogen (secondary N) is 3. The summed E-state index contributed by atoms with van der Waals surface area (Å²) in [5.41, 5.74) is 0.412. The fraction of sp³-hybridized carbons (Fsp3) is 0.529. The van der Waals surface area contributed by atoms with Crippen LogP contribution in [0.3, 0.4) is 0 Å². The Kier molecular flexibility index (Phi) is 6.99. The topological polar surface area (TPSA) is 85.8 Å². The number of nitrogens with zero attached hydrogens (tertiary/aromatic N) is 1. The summed E-state index contributed by atoms with van der Waals surface area (Å²) in [5.74, 6) is -0.129. The zero-order chi connectivity index (χ0) is 17.4. The van der Waals surface area contributed by atoms with E-state index in [0.717, 1.165) is 25.7 Å². The molecule has 7 heteroatoms. The molecule has 0 saturated heterocycles. The van der Waals surface area contributed by atoms with Gasteiger partial charge in [-0.1, -0.05) is 6.07 Å². The fourth-order valence-corrected chi connectivity index (χ4v) is 2.65. The number of rotatable bonds is 5. The predicted octanol–water partition coefficient (Wildman–Crippen LogP) is 1.62. The number of carbonyl (C=O) groups excluding carboxylic acids is 1. The minimum Gasteiger partial charge on any atom is -0.393 e. The molecule has 0 atom stereocenters. The molecule has 132 valence electrons. The van der Waals surface area contributed by atoms with Crippen LogP contribution in [0.5, 0.6) is 0 Å². The first-order valence-electron chi connectivity index (χ1n) is 8.35. The Morgan fingerprint density at radius 2 is 2.08 bits per heavy atom. The maximum atomic E-state index is 13.1. The molecule has 0 aliphatic heterocycles. The number of hydrogen-bond acceptors (Lipinski definition) is 3. The number of aliphatic imine (C=N–C) groups is 1. The van der Waals surface area contributed by atoms with Gasteiger partial charge in [0.05, 0.1) is 6.10 Å². The smallest absolute Gasteiger partial charge is 0.246 e. The molecular formula is C17H25FN4O2. The molecule has 6 nitrogen and oxygen atoms in total. The summed E-state index contributed by atoms with van der Waals surface area (Å²) < 4.78 is 13.1. The summed E-state index contributed by atoms with van der Waals surface area (Å²) in [6.45, 7) is 2.59. The molecule has 0 aromatic heterocycles. The van der Waals surface area contributed by atoms with E-state index in [-0.39, 0.29) is 24.6 Å². The summed E-state index contributed by atoms with van der Waals surface area (Å²) in [4.78, 5) is 16.2. The van der Waals surface area contributed by atoms with Crippen molar-refractivity contribution >= 4 is 17.6 Å². The molecule has 0 heterocycles. The SMILES string of the molecule is CCNC(=NCC(=O)Nc1cccc(F)c1)NC1CCC(O)CC1. The van der Waals surface area contributed by atoms with E-state index in [0.29, 0.717) is 18.2 Å². The number of hydrogen-bond donors (Lipinski definition) is 4. The van der Waals surface area contributed by atoms with Crippen LogP contribution >= 0.6 is 0 Å². The molecule has 2 rings (SSSR count). The van der Waals surface area contributed by atoms with Gasteiger partial charge in [0, 0.05) is 18.3 Å². The van der Waals surface area contributed by atoms with Crippen LogP contribution in [-0.2, 0) is 4.79 Å². The van der Waals surface area contributed by atoms with Gasteiger partial charge < -0.3 is 21.1 Å². The van der Waals surface area contributed by atoms with Crippen LogP contribution in [0, 0.1) is 5.82 Å². The van der Waals surface area contributed by atoms with Gasteiger partial charge in [-0.3, -0.25) is 4.79 Å². The number of amides is 1. The molecular weight excluding hydrogens is 311 g/mol. The first-order chi connectivity index (χ1) is 11.6. The molecule has 1 saturated carbocycles. The van der Waals surface area contributed by atoms with E-state index in [9.17, 15) is 14.3 Å². The Morgan fingerprint density at radius 1 is 1.33 bits per heavy atom. The van der Waals surface area contributed by atoms with Crippen molar-refractivity contribution in [1.29, 1.82) is 0 Å². The molecule has 1 amide bonds. The second-order valence-electron chi connectivity index (χ2n) is 5.90. The molecule has 4 N–H and O–H groups in total. The van der Waals surface area contributed by atoms with E-state index in [1.54, 1.807) is 6.07 Å². The van der Waals surface area contributed by atoms with Gasteiger partial charge >= 0.3 is 0 Å². The zero-order valence-electron chi connectivity index (χ0n) is 13.9. The first kappa shape index (κ1) is 18.2. The Balaban J connectivity index is 1.86. The number of carbonyl (C=O) groups is 1. The van der Waals surface area contributed by atoms with Crippen LogP contribution in [0.15, 0.2) is 29.3 Å². The number of aliphatic hydroxyl groups excluding tert-OH is 1. The summed E-state index contributed by atoms with van der Waals surface area (Å²) in [5, 5.41) is 18.6. The van der Waals surface area contributed by atoms with Crippen LogP contribution in [0.4, 0.5) is 10.1 Å². The van der Waals surface area contributed by atoms with Crippen molar-refractivity contribution in [3.05, 3.63) is 30.1 Å². The summed E-state index contributed by atoms with van der Waals surface area (Å²) in [6.07, 6.45) is 3.09. The number of benzene rings is 1. The molecule has 1 aromatic rings. The van der Waals surface area contributed by atoms with Gasteiger partial charge in [0.25, 0.3) is 0 Å². The quantitative estimate of drug-likeness (QED) is 0.486. The Hall–Kier alpha value is -2.15. The fourth-order valence-electron chi connectivity index (χ4n) is 2.65. The summed E-state index contributed by atoms with van der Waals surface area (Å²) in [7, 11) is 0. The molecule has 1 aliphatic rings. The average molecular weight is 336 g/mol. The number of aliphatic hydroxyl groups is 1. The molecule has 0 unspecified atom stereocenters. The Bertz CT molecular complexity index is 571. The van der Waals surface area contributed by atoms with Gasteiger partial charge in [0.2, 0.25) is 5.91 Å². The van der Waals surface area contributed by atoms with E-state index in [1.807, 2.05) is 6.92 Å². The minimum atomic E-state index is -0.397. The van der Waals surface area contributed by atoms with E-state index < -0.39 is 5.82 Å². The maximum absolute atomic E-state index is 13.1. The van der Waals surface area contributed by atoms with Crippen molar-refractivity contribution in [2.75, 3.05) is 18.4 Å². The minimum absolute atomic E-state index is 0.0544. The normalized spacial score (nSPS) is 21.2. The Labute approximate surface area is 141 Å². The van der Waals surface area contributed by atoms with Gasteiger partial charge in [-0.25, -0.2) is 9.38 Å². The van der Waals surface area contributed by atoms with Crippen molar-refractivity contribution in [2.24, 2.45) is 4.99 Å². The van der Waals surface area contributed by atoms with Crippen LogP contribution in [0.1, 0.15) is 32.6 Å². The lowest BCUT2D eigenvalue weighted by atomic mass is 9.93. The van der Waals surface area contributed by atoms with E-state index >= 15 is 0 Å².